The Morgan fingerprint density at radius 3 is 2.19 bits per heavy atom. The van der Waals surface area contributed by atoms with E-state index in [0.717, 1.165) is 26.9 Å². The number of hydrogen-bond acceptors (Lipinski definition) is 7. The summed E-state index contributed by atoms with van der Waals surface area (Å²) in [7, 11) is 6.29. The van der Waals surface area contributed by atoms with Gasteiger partial charge in [-0.2, -0.15) is 0 Å². The number of nitrogens with zero attached hydrogens (tertiary/aromatic N) is 2. The van der Waals surface area contributed by atoms with Crippen LogP contribution in [0.5, 0.6) is 23.0 Å². The number of methoxy groups -OCH3 is 4. The third-order valence-corrected chi connectivity index (χ3v) is 6.91. The van der Waals surface area contributed by atoms with Crippen LogP contribution in [0.3, 0.4) is 0 Å². The zero-order valence-corrected chi connectivity index (χ0v) is 21.7. The van der Waals surface area contributed by atoms with Crippen LogP contribution in [0.2, 0.25) is 0 Å². The Kier molecular flexibility index (Phi) is 7.75. The van der Waals surface area contributed by atoms with Gasteiger partial charge in [0.2, 0.25) is 5.75 Å². The van der Waals surface area contributed by atoms with Crippen LogP contribution < -0.4 is 23.8 Å². The van der Waals surface area contributed by atoms with Gasteiger partial charge in [-0.3, -0.25) is 9.69 Å². The molecule has 7 nitrogen and oxygen atoms in total. The number of ether oxygens (including phenoxy) is 4. The Morgan fingerprint density at radius 1 is 0.917 bits per heavy atom. The van der Waals surface area contributed by atoms with E-state index in [-0.39, 0.29) is 5.91 Å². The molecule has 8 heteroatoms. The van der Waals surface area contributed by atoms with Gasteiger partial charge in [0.25, 0.3) is 5.91 Å². The van der Waals surface area contributed by atoms with E-state index in [1.54, 1.807) is 51.5 Å². The smallest absolute Gasteiger partial charge is 0.253 e. The number of benzene rings is 3. The molecule has 0 aliphatic rings. The average Bonchev–Trinajstić information content (AvgIpc) is 3.36. The van der Waals surface area contributed by atoms with E-state index in [0.29, 0.717) is 34.7 Å². The second kappa shape index (κ2) is 11.1. The van der Waals surface area contributed by atoms with Gasteiger partial charge < -0.3 is 18.9 Å². The van der Waals surface area contributed by atoms with Gasteiger partial charge in [0.15, 0.2) is 16.6 Å². The van der Waals surface area contributed by atoms with Crippen LogP contribution >= 0.6 is 11.3 Å². The summed E-state index contributed by atoms with van der Waals surface area (Å²) in [4.78, 5) is 20.0. The molecule has 1 heterocycles. The molecule has 0 unspecified atom stereocenters. The molecule has 0 aliphatic heterocycles. The highest BCUT2D eigenvalue weighted by molar-refractivity contribution is 7.22. The van der Waals surface area contributed by atoms with Crippen molar-refractivity contribution in [3.8, 4) is 23.0 Å². The summed E-state index contributed by atoms with van der Waals surface area (Å²) in [6.45, 7) is 2.40. The van der Waals surface area contributed by atoms with Crippen molar-refractivity contribution in [2.24, 2.45) is 0 Å². The molecular weight excluding hydrogens is 476 g/mol. The van der Waals surface area contributed by atoms with Crippen LogP contribution in [0, 0.1) is 6.92 Å². The molecule has 36 heavy (non-hydrogen) atoms. The zero-order chi connectivity index (χ0) is 25.7. The first-order valence-corrected chi connectivity index (χ1v) is 12.1. The molecule has 0 bridgehead atoms. The highest BCUT2D eigenvalue weighted by atomic mass is 32.1. The lowest BCUT2D eigenvalue weighted by molar-refractivity contribution is -0.114. The molecule has 0 saturated heterocycles. The fourth-order valence-corrected chi connectivity index (χ4v) is 4.90. The molecule has 1 amide bonds. The van der Waals surface area contributed by atoms with Gasteiger partial charge in [-0.15, -0.1) is 0 Å². The van der Waals surface area contributed by atoms with Crippen LogP contribution in [0.4, 0.5) is 5.13 Å². The first-order valence-electron chi connectivity index (χ1n) is 11.3. The second-order valence-electron chi connectivity index (χ2n) is 7.96. The quantitative estimate of drug-likeness (QED) is 0.265. The molecule has 0 saturated carbocycles. The Bertz CT molecular complexity index is 1370. The van der Waals surface area contributed by atoms with Crippen molar-refractivity contribution in [2.75, 3.05) is 33.3 Å². The molecule has 3 aromatic carbocycles. The third kappa shape index (κ3) is 5.13. The summed E-state index contributed by atoms with van der Waals surface area (Å²) in [6.07, 6.45) is 3.25. The average molecular weight is 505 g/mol. The van der Waals surface area contributed by atoms with Gasteiger partial charge in [0, 0.05) is 6.08 Å². The molecule has 0 atom stereocenters. The zero-order valence-electron chi connectivity index (χ0n) is 20.9. The van der Waals surface area contributed by atoms with E-state index in [9.17, 15) is 4.79 Å². The van der Waals surface area contributed by atoms with Crippen LogP contribution in [0.25, 0.3) is 16.3 Å². The minimum absolute atomic E-state index is 0.205. The molecule has 0 N–H and O–H groups in total. The topological polar surface area (TPSA) is 70.1 Å². The monoisotopic (exact) mass is 504 g/mol. The Morgan fingerprint density at radius 2 is 1.58 bits per heavy atom. The van der Waals surface area contributed by atoms with Crippen LogP contribution in [0.15, 0.2) is 60.7 Å². The van der Waals surface area contributed by atoms with E-state index in [2.05, 4.69) is 0 Å². The first kappa shape index (κ1) is 25.1. The predicted molar refractivity (Wildman–Crippen MR) is 144 cm³/mol. The molecule has 1 aromatic heterocycles. The van der Waals surface area contributed by atoms with E-state index in [1.165, 1.54) is 17.4 Å². The number of hydrogen-bond donors (Lipinski definition) is 0. The van der Waals surface area contributed by atoms with Crippen molar-refractivity contribution in [3.05, 3.63) is 77.4 Å². The molecule has 0 radical (unpaired) electrons. The fraction of sp³-hybridized carbons (Fsp3) is 0.214. The number of anilines is 1. The largest absolute Gasteiger partial charge is 0.494 e. The predicted octanol–water partition coefficient (Wildman–Crippen LogP) is 5.89. The molecule has 186 valence electrons. The van der Waals surface area contributed by atoms with Crippen molar-refractivity contribution in [3.63, 3.8) is 0 Å². The molecule has 0 aliphatic carbocycles. The fourth-order valence-electron chi connectivity index (χ4n) is 3.84. The lowest BCUT2D eigenvalue weighted by Gasteiger charge is -2.18. The van der Waals surface area contributed by atoms with Gasteiger partial charge in [0.05, 0.1) is 39.7 Å². The standard InChI is InChI=1S/C28H28N2O5S/c1-18-11-13-21(32-2)25-27(18)36-28(29-25)30(17-19-9-7-6-8-10-19)24(31)14-12-20-15-22(33-3)26(35-5)23(16-20)34-4/h6-16H,17H2,1-5H3/b14-12+. The Balaban J connectivity index is 1.73. The normalized spacial score (nSPS) is 11.0. The summed E-state index contributed by atoms with van der Waals surface area (Å²) in [5.74, 6) is 1.99. The minimum atomic E-state index is -0.205. The highest BCUT2D eigenvalue weighted by Gasteiger charge is 2.21. The van der Waals surface area contributed by atoms with Crippen molar-refractivity contribution < 1.29 is 23.7 Å². The molecular formula is C28H28N2O5S. The van der Waals surface area contributed by atoms with Gasteiger partial charge in [-0.25, -0.2) is 4.98 Å². The van der Waals surface area contributed by atoms with Gasteiger partial charge >= 0.3 is 0 Å². The summed E-state index contributed by atoms with van der Waals surface area (Å²) >= 11 is 1.47. The summed E-state index contributed by atoms with van der Waals surface area (Å²) < 4.78 is 22.8. The number of thiazole rings is 1. The van der Waals surface area contributed by atoms with Gasteiger partial charge in [-0.05, 0) is 47.9 Å². The minimum Gasteiger partial charge on any atom is -0.494 e. The molecule has 0 fully saturated rings. The lowest BCUT2D eigenvalue weighted by Crippen LogP contribution is -2.28. The number of fused-ring (bicyclic) bond motifs is 1. The van der Waals surface area contributed by atoms with E-state index >= 15 is 0 Å². The van der Waals surface area contributed by atoms with E-state index in [4.69, 9.17) is 23.9 Å². The van der Waals surface area contributed by atoms with Crippen LogP contribution in [0.1, 0.15) is 16.7 Å². The number of amides is 1. The SMILES string of the molecule is COc1cc(/C=C/C(=O)N(Cc2ccccc2)c2nc3c(OC)ccc(C)c3s2)cc(OC)c1OC. The van der Waals surface area contributed by atoms with E-state index < -0.39 is 0 Å². The van der Waals surface area contributed by atoms with Gasteiger partial charge in [0.1, 0.15) is 11.3 Å². The number of carbonyl (C=O) groups excluding carboxylic acids is 1. The van der Waals surface area contributed by atoms with Crippen molar-refractivity contribution >= 4 is 38.7 Å². The van der Waals surface area contributed by atoms with Crippen molar-refractivity contribution in [1.29, 1.82) is 0 Å². The maximum atomic E-state index is 13.6. The summed E-state index contributed by atoms with van der Waals surface area (Å²) in [6, 6.07) is 17.3. The third-order valence-electron chi connectivity index (χ3n) is 5.70. The maximum absolute atomic E-state index is 13.6. The summed E-state index contributed by atoms with van der Waals surface area (Å²) in [5, 5.41) is 0.598. The number of carbonyl (C=O) groups is 1. The molecule has 0 spiro atoms. The maximum Gasteiger partial charge on any atom is 0.253 e. The number of rotatable bonds is 9. The summed E-state index contributed by atoms with van der Waals surface area (Å²) in [5.41, 5.74) is 3.56. The van der Waals surface area contributed by atoms with Crippen molar-refractivity contribution in [2.45, 2.75) is 13.5 Å². The molecule has 4 rings (SSSR count). The second-order valence-corrected chi connectivity index (χ2v) is 8.94. The highest BCUT2D eigenvalue weighted by Crippen LogP contribution is 2.39. The van der Waals surface area contributed by atoms with Crippen LogP contribution in [-0.2, 0) is 11.3 Å². The lowest BCUT2D eigenvalue weighted by atomic mass is 10.1. The Hall–Kier alpha value is -4.04. The van der Waals surface area contributed by atoms with Gasteiger partial charge in [-0.1, -0.05) is 47.7 Å². The number of aryl methyl sites for hydroxylation is 1. The van der Waals surface area contributed by atoms with Crippen LogP contribution in [-0.4, -0.2) is 39.3 Å². The number of aromatic nitrogens is 1. The first-order chi connectivity index (χ1) is 17.5. The Labute approximate surface area is 214 Å². The molecule has 4 aromatic rings. The van der Waals surface area contributed by atoms with Crippen molar-refractivity contribution in [1.82, 2.24) is 4.98 Å². The van der Waals surface area contributed by atoms with E-state index in [1.807, 2.05) is 49.4 Å².